The molecular formula is C12H17ClFN. The van der Waals surface area contributed by atoms with Gasteiger partial charge in [0.15, 0.2) is 0 Å². The zero-order valence-corrected chi connectivity index (χ0v) is 9.94. The smallest absolute Gasteiger partial charge is 0.126 e. The first-order chi connectivity index (χ1) is 7.17. The van der Waals surface area contributed by atoms with Gasteiger partial charge in [-0.25, -0.2) is 4.39 Å². The van der Waals surface area contributed by atoms with E-state index >= 15 is 0 Å². The van der Waals surface area contributed by atoms with Crippen LogP contribution in [0.3, 0.4) is 0 Å². The van der Waals surface area contributed by atoms with Gasteiger partial charge < -0.3 is 5.32 Å². The van der Waals surface area contributed by atoms with Gasteiger partial charge in [0, 0.05) is 11.1 Å². The monoisotopic (exact) mass is 229 g/mol. The Morgan fingerprint density at radius 1 is 1.40 bits per heavy atom. The largest absolute Gasteiger partial charge is 0.314 e. The molecular weight excluding hydrogens is 213 g/mol. The van der Waals surface area contributed by atoms with Crippen molar-refractivity contribution in [3.63, 3.8) is 0 Å². The molecule has 0 saturated carbocycles. The third kappa shape index (κ3) is 3.80. The predicted octanol–water partition coefficient (Wildman–Crippen LogP) is 3.41. The van der Waals surface area contributed by atoms with E-state index in [1.54, 1.807) is 12.1 Å². The van der Waals surface area contributed by atoms with Gasteiger partial charge in [0.05, 0.1) is 0 Å². The third-order valence-electron chi connectivity index (χ3n) is 2.46. The standard InChI is InChI=1S/C12H17ClFN/c1-3-11(15-4-2)8-9-7-10(13)5-6-12(9)14/h5-7,11,15H,3-4,8H2,1-2H3. The summed E-state index contributed by atoms with van der Waals surface area (Å²) in [6, 6.07) is 5.03. The van der Waals surface area contributed by atoms with E-state index < -0.39 is 0 Å². The fourth-order valence-electron chi connectivity index (χ4n) is 1.61. The van der Waals surface area contributed by atoms with Crippen LogP contribution in [0.15, 0.2) is 18.2 Å². The Hall–Kier alpha value is -0.600. The van der Waals surface area contributed by atoms with E-state index in [0.717, 1.165) is 13.0 Å². The van der Waals surface area contributed by atoms with Gasteiger partial charge in [-0.05, 0) is 43.1 Å². The Kier molecular flexibility index (Phi) is 5.06. The average molecular weight is 230 g/mol. The molecule has 15 heavy (non-hydrogen) atoms. The Balaban J connectivity index is 2.73. The van der Waals surface area contributed by atoms with Crippen molar-refractivity contribution in [3.05, 3.63) is 34.6 Å². The highest BCUT2D eigenvalue weighted by molar-refractivity contribution is 6.30. The van der Waals surface area contributed by atoms with E-state index in [0.29, 0.717) is 23.0 Å². The Morgan fingerprint density at radius 2 is 2.13 bits per heavy atom. The van der Waals surface area contributed by atoms with Gasteiger partial charge in [-0.15, -0.1) is 0 Å². The van der Waals surface area contributed by atoms with Gasteiger partial charge in [-0.3, -0.25) is 0 Å². The number of nitrogens with one attached hydrogen (secondary N) is 1. The summed E-state index contributed by atoms with van der Waals surface area (Å²) >= 11 is 5.83. The van der Waals surface area contributed by atoms with E-state index in [1.807, 2.05) is 0 Å². The van der Waals surface area contributed by atoms with Crippen LogP contribution < -0.4 is 5.32 Å². The summed E-state index contributed by atoms with van der Waals surface area (Å²) in [7, 11) is 0. The lowest BCUT2D eigenvalue weighted by molar-refractivity contribution is 0.496. The molecule has 0 aliphatic heterocycles. The topological polar surface area (TPSA) is 12.0 Å². The SMILES string of the molecule is CCNC(CC)Cc1cc(Cl)ccc1F. The van der Waals surface area contributed by atoms with Crippen LogP contribution in [0.5, 0.6) is 0 Å². The van der Waals surface area contributed by atoms with E-state index in [1.165, 1.54) is 6.07 Å². The van der Waals surface area contributed by atoms with Crippen LogP contribution in [0.4, 0.5) is 4.39 Å². The molecule has 0 radical (unpaired) electrons. The fraction of sp³-hybridized carbons (Fsp3) is 0.500. The molecule has 0 aliphatic carbocycles. The molecule has 84 valence electrons. The molecule has 0 amide bonds. The van der Waals surface area contributed by atoms with Crippen molar-refractivity contribution in [2.75, 3.05) is 6.54 Å². The zero-order valence-electron chi connectivity index (χ0n) is 9.19. The maximum absolute atomic E-state index is 13.4. The lowest BCUT2D eigenvalue weighted by Gasteiger charge is -2.16. The number of benzene rings is 1. The minimum absolute atomic E-state index is 0.171. The second kappa shape index (κ2) is 6.09. The molecule has 0 heterocycles. The van der Waals surface area contributed by atoms with Crippen LogP contribution >= 0.6 is 11.6 Å². The quantitative estimate of drug-likeness (QED) is 0.816. The minimum atomic E-state index is -0.171. The van der Waals surface area contributed by atoms with Crippen LogP contribution in [-0.4, -0.2) is 12.6 Å². The lowest BCUT2D eigenvalue weighted by Crippen LogP contribution is -2.30. The van der Waals surface area contributed by atoms with Crippen LogP contribution in [0.25, 0.3) is 0 Å². The van der Waals surface area contributed by atoms with Gasteiger partial charge in [0.25, 0.3) is 0 Å². The first kappa shape index (κ1) is 12.5. The lowest BCUT2D eigenvalue weighted by atomic mass is 10.0. The average Bonchev–Trinajstić information content (AvgIpc) is 2.22. The van der Waals surface area contributed by atoms with E-state index in [-0.39, 0.29) is 5.82 Å². The molecule has 1 atom stereocenters. The van der Waals surface area contributed by atoms with Crippen molar-refractivity contribution in [1.29, 1.82) is 0 Å². The summed E-state index contributed by atoms with van der Waals surface area (Å²) < 4.78 is 13.4. The number of hydrogen-bond donors (Lipinski definition) is 1. The molecule has 0 aliphatic rings. The Labute approximate surface area is 95.6 Å². The highest BCUT2D eigenvalue weighted by Crippen LogP contribution is 2.17. The molecule has 1 unspecified atom stereocenters. The van der Waals surface area contributed by atoms with Crippen molar-refractivity contribution >= 4 is 11.6 Å². The maximum Gasteiger partial charge on any atom is 0.126 e. The second-order valence-corrected chi connectivity index (χ2v) is 4.04. The van der Waals surface area contributed by atoms with Crippen molar-refractivity contribution in [2.24, 2.45) is 0 Å². The van der Waals surface area contributed by atoms with Crippen LogP contribution in [0.1, 0.15) is 25.8 Å². The summed E-state index contributed by atoms with van der Waals surface area (Å²) in [6.07, 6.45) is 1.68. The van der Waals surface area contributed by atoms with Gasteiger partial charge in [0.1, 0.15) is 5.82 Å². The molecule has 0 spiro atoms. The van der Waals surface area contributed by atoms with Crippen LogP contribution in [0.2, 0.25) is 5.02 Å². The molecule has 1 nitrogen and oxygen atoms in total. The van der Waals surface area contributed by atoms with Crippen molar-refractivity contribution in [1.82, 2.24) is 5.32 Å². The number of rotatable bonds is 5. The minimum Gasteiger partial charge on any atom is -0.314 e. The van der Waals surface area contributed by atoms with Crippen molar-refractivity contribution < 1.29 is 4.39 Å². The summed E-state index contributed by atoms with van der Waals surface area (Å²) in [5.41, 5.74) is 0.690. The molecule has 0 saturated heterocycles. The van der Waals surface area contributed by atoms with Gasteiger partial charge >= 0.3 is 0 Å². The molecule has 0 bridgehead atoms. The van der Waals surface area contributed by atoms with Crippen molar-refractivity contribution in [2.45, 2.75) is 32.7 Å². The predicted molar refractivity (Wildman–Crippen MR) is 62.9 cm³/mol. The van der Waals surface area contributed by atoms with E-state index in [9.17, 15) is 4.39 Å². The number of hydrogen-bond acceptors (Lipinski definition) is 1. The third-order valence-corrected chi connectivity index (χ3v) is 2.69. The molecule has 0 aromatic heterocycles. The van der Waals surface area contributed by atoms with Gasteiger partial charge in [-0.1, -0.05) is 25.4 Å². The van der Waals surface area contributed by atoms with Crippen molar-refractivity contribution in [3.8, 4) is 0 Å². The molecule has 1 rings (SSSR count). The maximum atomic E-state index is 13.4. The molecule has 0 fully saturated rings. The van der Waals surface area contributed by atoms with Gasteiger partial charge in [-0.2, -0.15) is 0 Å². The summed E-state index contributed by atoms with van der Waals surface area (Å²) in [5.74, 6) is -0.171. The van der Waals surface area contributed by atoms with E-state index in [4.69, 9.17) is 11.6 Å². The zero-order chi connectivity index (χ0) is 11.3. The second-order valence-electron chi connectivity index (χ2n) is 3.60. The molecule has 1 aromatic rings. The van der Waals surface area contributed by atoms with Crippen LogP contribution in [0, 0.1) is 5.82 Å². The first-order valence-corrected chi connectivity index (χ1v) is 5.72. The normalized spacial score (nSPS) is 12.8. The van der Waals surface area contributed by atoms with Crippen LogP contribution in [-0.2, 0) is 6.42 Å². The Bertz CT molecular complexity index is 314. The molecule has 1 aromatic carbocycles. The molecule has 1 N–H and O–H groups in total. The summed E-state index contributed by atoms with van der Waals surface area (Å²) in [5, 5.41) is 3.91. The van der Waals surface area contributed by atoms with Gasteiger partial charge in [0.2, 0.25) is 0 Å². The van der Waals surface area contributed by atoms with E-state index in [2.05, 4.69) is 19.2 Å². The highest BCUT2D eigenvalue weighted by Gasteiger charge is 2.09. The number of likely N-dealkylation sites (N-methyl/N-ethyl adjacent to an activating group) is 1. The fourth-order valence-corrected chi connectivity index (χ4v) is 1.81. The number of halogens is 2. The highest BCUT2D eigenvalue weighted by atomic mass is 35.5. The summed E-state index contributed by atoms with van der Waals surface area (Å²) in [6.45, 7) is 5.05. The summed E-state index contributed by atoms with van der Waals surface area (Å²) in [4.78, 5) is 0. The molecule has 3 heteroatoms. The Morgan fingerprint density at radius 3 is 2.73 bits per heavy atom. The first-order valence-electron chi connectivity index (χ1n) is 5.34.